The van der Waals surface area contributed by atoms with Crippen molar-refractivity contribution >= 4 is 21.6 Å². The van der Waals surface area contributed by atoms with Crippen LogP contribution in [-0.4, -0.2) is 7.05 Å². The second-order valence-corrected chi connectivity index (χ2v) is 4.93. The Bertz CT molecular complexity index is 541. The third-order valence-electron chi connectivity index (χ3n) is 2.99. The lowest BCUT2D eigenvalue weighted by Crippen LogP contribution is -2.22. The molecule has 17 heavy (non-hydrogen) atoms. The summed E-state index contributed by atoms with van der Waals surface area (Å²) in [4.78, 5) is 2.15. The highest BCUT2D eigenvalue weighted by Gasteiger charge is 2.30. The van der Waals surface area contributed by atoms with Crippen LogP contribution in [0.1, 0.15) is 11.8 Å². The Morgan fingerprint density at radius 1 is 1.06 bits per heavy atom. The van der Waals surface area contributed by atoms with Gasteiger partial charge in [-0.1, -0.05) is 36.4 Å². The first kappa shape index (κ1) is 10.7. The molecule has 3 rings (SSSR count). The molecule has 86 valence electrons. The normalized spacial score (nSPS) is 17.8. The van der Waals surface area contributed by atoms with Crippen molar-refractivity contribution in [2.75, 3.05) is 11.9 Å². The SMILES string of the molecule is CN1c2cccc(Br)c2OC1c1ccccc1. The molecule has 0 fully saturated rings. The number of anilines is 1. The summed E-state index contributed by atoms with van der Waals surface area (Å²) in [6, 6.07) is 16.3. The molecule has 0 saturated heterocycles. The molecular formula is C14H12BrNO. The molecule has 1 atom stereocenters. The standard InChI is InChI=1S/C14H12BrNO/c1-16-12-9-5-8-11(15)13(12)17-14(16)10-6-3-2-4-7-10/h2-9,14H,1H3. The lowest BCUT2D eigenvalue weighted by molar-refractivity contribution is 0.234. The molecule has 0 radical (unpaired) electrons. The van der Waals surface area contributed by atoms with E-state index >= 15 is 0 Å². The first-order valence-electron chi connectivity index (χ1n) is 5.50. The summed E-state index contributed by atoms with van der Waals surface area (Å²) in [5.74, 6) is 0.920. The largest absolute Gasteiger partial charge is 0.463 e. The maximum atomic E-state index is 6.02. The summed E-state index contributed by atoms with van der Waals surface area (Å²) in [5, 5.41) is 0. The zero-order chi connectivity index (χ0) is 11.8. The van der Waals surface area contributed by atoms with Crippen molar-refractivity contribution in [3.63, 3.8) is 0 Å². The molecule has 0 saturated carbocycles. The van der Waals surface area contributed by atoms with Gasteiger partial charge in [-0.15, -0.1) is 0 Å². The summed E-state index contributed by atoms with van der Waals surface area (Å²) in [6.07, 6.45) is -0.0371. The van der Waals surface area contributed by atoms with Gasteiger partial charge in [-0.3, -0.25) is 0 Å². The summed E-state index contributed by atoms with van der Waals surface area (Å²) >= 11 is 3.52. The summed E-state index contributed by atoms with van der Waals surface area (Å²) in [6.45, 7) is 0. The van der Waals surface area contributed by atoms with Gasteiger partial charge in [-0.25, -0.2) is 0 Å². The maximum absolute atomic E-state index is 6.02. The molecule has 1 unspecified atom stereocenters. The van der Waals surface area contributed by atoms with Crippen LogP contribution in [0.2, 0.25) is 0 Å². The summed E-state index contributed by atoms with van der Waals surface area (Å²) in [7, 11) is 2.05. The Balaban J connectivity index is 2.02. The molecule has 0 spiro atoms. The lowest BCUT2D eigenvalue weighted by Gasteiger charge is -2.20. The fourth-order valence-electron chi connectivity index (χ4n) is 2.12. The van der Waals surface area contributed by atoms with Crippen LogP contribution in [0.25, 0.3) is 0 Å². The van der Waals surface area contributed by atoms with Crippen LogP contribution in [0, 0.1) is 0 Å². The fourth-order valence-corrected chi connectivity index (χ4v) is 2.57. The molecule has 1 aliphatic rings. The van der Waals surface area contributed by atoms with E-state index < -0.39 is 0 Å². The number of hydrogen-bond acceptors (Lipinski definition) is 2. The molecule has 3 heteroatoms. The van der Waals surface area contributed by atoms with Gasteiger partial charge in [0.2, 0.25) is 0 Å². The van der Waals surface area contributed by atoms with Gasteiger partial charge in [0.25, 0.3) is 0 Å². The van der Waals surface area contributed by atoms with E-state index in [1.54, 1.807) is 0 Å². The fraction of sp³-hybridized carbons (Fsp3) is 0.143. The van der Waals surface area contributed by atoms with Crippen LogP contribution in [0.15, 0.2) is 53.0 Å². The minimum atomic E-state index is -0.0371. The van der Waals surface area contributed by atoms with Gasteiger partial charge in [0.1, 0.15) is 0 Å². The number of ether oxygens (including phenoxy) is 1. The van der Waals surface area contributed by atoms with Crippen molar-refractivity contribution in [2.24, 2.45) is 0 Å². The van der Waals surface area contributed by atoms with E-state index in [-0.39, 0.29) is 6.23 Å². The molecule has 0 N–H and O–H groups in total. The summed E-state index contributed by atoms with van der Waals surface area (Å²) in [5.41, 5.74) is 2.28. The van der Waals surface area contributed by atoms with Crippen molar-refractivity contribution in [3.8, 4) is 5.75 Å². The van der Waals surface area contributed by atoms with Crippen LogP contribution < -0.4 is 9.64 Å². The minimum absolute atomic E-state index is 0.0371. The predicted molar refractivity (Wildman–Crippen MR) is 72.4 cm³/mol. The molecule has 2 aromatic rings. The third kappa shape index (κ3) is 1.71. The molecule has 2 nitrogen and oxygen atoms in total. The smallest absolute Gasteiger partial charge is 0.198 e. The number of benzene rings is 2. The van der Waals surface area contributed by atoms with Gasteiger partial charge in [0, 0.05) is 12.6 Å². The van der Waals surface area contributed by atoms with E-state index in [2.05, 4.69) is 46.1 Å². The minimum Gasteiger partial charge on any atom is -0.463 e. The number of para-hydroxylation sites is 1. The van der Waals surface area contributed by atoms with Crippen LogP contribution in [-0.2, 0) is 0 Å². The Labute approximate surface area is 109 Å². The Morgan fingerprint density at radius 2 is 1.82 bits per heavy atom. The molecule has 0 aliphatic carbocycles. The van der Waals surface area contributed by atoms with E-state index in [0.717, 1.165) is 21.5 Å². The van der Waals surface area contributed by atoms with E-state index in [9.17, 15) is 0 Å². The second kappa shape index (κ2) is 4.08. The van der Waals surface area contributed by atoms with Gasteiger partial charge in [-0.2, -0.15) is 0 Å². The van der Waals surface area contributed by atoms with Crippen molar-refractivity contribution in [1.29, 1.82) is 0 Å². The molecule has 2 aromatic carbocycles. The monoisotopic (exact) mass is 289 g/mol. The molecule has 1 aliphatic heterocycles. The number of halogens is 1. The van der Waals surface area contributed by atoms with Crippen molar-refractivity contribution in [1.82, 2.24) is 0 Å². The van der Waals surface area contributed by atoms with E-state index in [0.29, 0.717) is 0 Å². The molecular weight excluding hydrogens is 278 g/mol. The van der Waals surface area contributed by atoms with Crippen molar-refractivity contribution in [3.05, 3.63) is 58.6 Å². The van der Waals surface area contributed by atoms with Crippen molar-refractivity contribution < 1.29 is 4.74 Å². The highest BCUT2D eigenvalue weighted by Crippen LogP contribution is 2.46. The van der Waals surface area contributed by atoms with Crippen LogP contribution in [0.4, 0.5) is 5.69 Å². The molecule has 0 amide bonds. The van der Waals surface area contributed by atoms with Gasteiger partial charge in [-0.05, 0) is 28.1 Å². The molecule has 0 bridgehead atoms. The summed E-state index contributed by atoms with van der Waals surface area (Å²) < 4.78 is 7.02. The number of nitrogens with zero attached hydrogens (tertiary/aromatic N) is 1. The number of rotatable bonds is 1. The highest BCUT2D eigenvalue weighted by molar-refractivity contribution is 9.10. The Hall–Kier alpha value is -1.48. The number of hydrogen-bond donors (Lipinski definition) is 0. The van der Waals surface area contributed by atoms with E-state index in [4.69, 9.17) is 4.74 Å². The Morgan fingerprint density at radius 3 is 2.53 bits per heavy atom. The van der Waals surface area contributed by atoms with Crippen molar-refractivity contribution in [2.45, 2.75) is 6.23 Å². The average molecular weight is 290 g/mol. The van der Waals surface area contributed by atoms with Gasteiger partial charge < -0.3 is 9.64 Å². The van der Waals surface area contributed by atoms with Crippen LogP contribution in [0.5, 0.6) is 5.75 Å². The van der Waals surface area contributed by atoms with Crippen LogP contribution >= 0.6 is 15.9 Å². The predicted octanol–water partition coefficient (Wildman–Crippen LogP) is 3.98. The highest BCUT2D eigenvalue weighted by atomic mass is 79.9. The first-order chi connectivity index (χ1) is 8.27. The average Bonchev–Trinajstić information content (AvgIpc) is 2.70. The van der Waals surface area contributed by atoms with E-state index in [1.807, 2.05) is 30.3 Å². The zero-order valence-corrected chi connectivity index (χ0v) is 11.0. The molecule has 1 heterocycles. The molecule has 0 aromatic heterocycles. The van der Waals surface area contributed by atoms with Gasteiger partial charge in [0.15, 0.2) is 12.0 Å². The lowest BCUT2D eigenvalue weighted by atomic mass is 10.2. The first-order valence-corrected chi connectivity index (χ1v) is 6.29. The third-order valence-corrected chi connectivity index (χ3v) is 3.62. The van der Waals surface area contributed by atoms with E-state index in [1.165, 1.54) is 0 Å². The maximum Gasteiger partial charge on any atom is 0.198 e. The number of fused-ring (bicyclic) bond motifs is 1. The quantitative estimate of drug-likeness (QED) is 0.787. The topological polar surface area (TPSA) is 12.5 Å². The van der Waals surface area contributed by atoms with Gasteiger partial charge in [0.05, 0.1) is 10.2 Å². The Kier molecular flexibility index (Phi) is 2.56. The second-order valence-electron chi connectivity index (χ2n) is 4.08. The van der Waals surface area contributed by atoms with Crippen LogP contribution in [0.3, 0.4) is 0 Å². The van der Waals surface area contributed by atoms with Gasteiger partial charge >= 0.3 is 0 Å². The zero-order valence-electron chi connectivity index (χ0n) is 9.43.